The van der Waals surface area contributed by atoms with Crippen molar-refractivity contribution in [1.29, 1.82) is 0 Å². The lowest BCUT2D eigenvalue weighted by Gasteiger charge is -2.08. The molecule has 0 unspecified atom stereocenters. The quantitative estimate of drug-likeness (QED) is 0.763. The minimum atomic E-state index is -3.59. The predicted molar refractivity (Wildman–Crippen MR) is 83.5 cm³/mol. The van der Waals surface area contributed by atoms with Crippen molar-refractivity contribution in [2.24, 2.45) is 0 Å². The van der Waals surface area contributed by atoms with E-state index < -0.39 is 15.7 Å². The maximum absolute atomic E-state index is 13.1. The first-order chi connectivity index (χ1) is 9.29. The molecule has 3 nitrogen and oxygen atoms in total. The normalized spacial score (nSPS) is 11.6. The number of rotatable bonds is 3. The van der Waals surface area contributed by atoms with Crippen molar-refractivity contribution in [1.82, 2.24) is 0 Å². The van der Waals surface area contributed by atoms with Crippen molar-refractivity contribution in [3.05, 3.63) is 56.7 Å². The SMILES string of the molecule is Nc1ccc(Br)cc1S(=O)(=O)Cc1ccc(F)c(Br)c1. The van der Waals surface area contributed by atoms with E-state index in [2.05, 4.69) is 31.9 Å². The summed E-state index contributed by atoms with van der Waals surface area (Å²) >= 11 is 6.25. The molecule has 2 N–H and O–H groups in total. The molecule has 0 saturated heterocycles. The van der Waals surface area contributed by atoms with Crippen molar-refractivity contribution < 1.29 is 12.8 Å². The van der Waals surface area contributed by atoms with Crippen LogP contribution in [-0.2, 0) is 15.6 Å². The maximum Gasteiger partial charge on any atom is 0.184 e. The lowest BCUT2D eigenvalue weighted by molar-refractivity contribution is 0.595. The minimum absolute atomic E-state index is 0.0623. The number of nitrogen functional groups attached to an aromatic ring is 1. The van der Waals surface area contributed by atoms with Gasteiger partial charge in [-0.25, -0.2) is 12.8 Å². The summed E-state index contributed by atoms with van der Waals surface area (Å²) in [5.74, 6) is -0.680. The van der Waals surface area contributed by atoms with Crippen LogP contribution in [0.15, 0.2) is 50.2 Å². The van der Waals surface area contributed by atoms with Gasteiger partial charge in [0.2, 0.25) is 0 Å². The fraction of sp³-hybridized carbons (Fsp3) is 0.0769. The molecule has 106 valence electrons. The van der Waals surface area contributed by atoms with E-state index in [9.17, 15) is 12.8 Å². The summed E-state index contributed by atoms with van der Waals surface area (Å²) in [6.45, 7) is 0. The van der Waals surface area contributed by atoms with Gasteiger partial charge in [0, 0.05) is 4.47 Å². The van der Waals surface area contributed by atoms with Gasteiger partial charge < -0.3 is 5.73 Å². The van der Waals surface area contributed by atoms with Crippen molar-refractivity contribution in [3.8, 4) is 0 Å². The number of hydrogen-bond donors (Lipinski definition) is 1. The molecule has 0 amide bonds. The molecule has 0 heterocycles. The van der Waals surface area contributed by atoms with Crippen LogP contribution in [0.25, 0.3) is 0 Å². The van der Waals surface area contributed by atoms with Crippen LogP contribution in [-0.4, -0.2) is 8.42 Å². The average molecular weight is 423 g/mol. The molecule has 2 rings (SSSR count). The molecule has 2 aromatic rings. The predicted octanol–water partition coefficient (Wildman–Crippen LogP) is 3.91. The first-order valence-corrected chi connectivity index (χ1v) is 8.75. The van der Waals surface area contributed by atoms with Gasteiger partial charge in [-0.3, -0.25) is 0 Å². The summed E-state index contributed by atoms with van der Waals surface area (Å²) in [5, 5.41) is 0. The zero-order chi connectivity index (χ0) is 14.9. The lowest BCUT2D eigenvalue weighted by atomic mass is 10.2. The van der Waals surface area contributed by atoms with Gasteiger partial charge >= 0.3 is 0 Å². The molecule has 0 atom stereocenters. The van der Waals surface area contributed by atoms with Gasteiger partial charge in [-0.15, -0.1) is 0 Å². The van der Waals surface area contributed by atoms with Gasteiger partial charge in [0.05, 0.1) is 20.8 Å². The van der Waals surface area contributed by atoms with Crippen molar-refractivity contribution in [2.45, 2.75) is 10.6 Å². The molecule has 0 bridgehead atoms. The number of benzene rings is 2. The van der Waals surface area contributed by atoms with Gasteiger partial charge in [-0.1, -0.05) is 22.0 Å². The van der Waals surface area contributed by atoms with Gasteiger partial charge in [-0.2, -0.15) is 0 Å². The van der Waals surface area contributed by atoms with Crippen LogP contribution in [0, 0.1) is 5.82 Å². The highest BCUT2D eigenvalue weighted by Crippen LogP contribution is 2.27. The molecule has 7 heteroatoms. The Morgan fingerprint density at radius 2 is 1.80 bits per heavy atom. The molecular weight excluding hydrogens is 413 g/mol. The largest absolute Gasteiger partial charge is 0.398 e. The molecule has 0 spiro atoms. The van der Waals surface area contributed by atoms with E-state index in [-0.39, 0.29) is 20.8 Å². The highest BCUT2D eigenvalue weighted by atomic mass is 79.9. The van der Waals surface area contributed by atoms with Crippen LogP contribution >= 0.6 is 31.9 Å². The Hall–Kier alpha value is -0.920. The Balaban J connectivity index is 2.40. The molecule has 0 aliphatic rings. The number of sulfone groups is 1. The minimum Gasteiger partial charge on any atom is -0.398 e. The summed E-state index contributed by atoms with van der Waals surface area (Å²) in [6.07, 6.45) is 0. The Morgan fingerprint density at radius 3 is 2.45 bits per heavy atom. The fourth-order valence-electron chi connectivity index (χ4n) is 1.70. The van der Waals surface area contributed by atoms with Gasteiger partial charge in [0.25, 0.3) is 0 Å². The molecule has 0 aliphatic heterocycles. The smallest absolute Gasteiger partial charge is 0.184 e. The van der Waals surface area contributed by atoms with E-state index in [1.807, 2.05) is 0 Å². The molecule has 0 aliphatic carbocycles. The van der Waals surface area contributed by atoms with Crippen molar-refractivity contribution >= 4 is 47.4 Å². The van der Waals surface area contributed by atoms with E-state index in [1.165, 1.54) is 30.3 Å². The number of halogens is 3. The second-order valence-electron chi connectivity index (χ2n) is 4.19. The zero-order valence-electron chi connectivity index (χ0n) is 10.1. The van der Waals surface area contributed by atoms with Crippen LogP contribution in [0.1, 0.15) is 5.56 Å². The Labute approximate surface area is 133 Å². The lowest BCUT2D eigenvalue weighted by Crippen LogP contribution is -2.08. The van der Waals surface area contributed by atoms with Gasteiger partial charge in [0.1, 0.15) is 5.82 Å². The second kappa shape index (κ2) is 5.83. The van der Waals surface area contributed by atoms with E-state index in [1.54, 1.807) is 6.07 Å². The van der Waals surface area contributed by atoms with E-state index in [4.69, 9.17) is 5.73 Å². The third-order valence-electron chi connectivity index (χ3n) is 2.65. The summed E-state index contributed by atoms with van der Waals surface area (Å²) in [4.78, 5) is 0.0623. The Kier molecular flexibility index (Phi) is 4.51. The van der Waals surface area contributed by atoms with E-state index in [0.29, 0.717) is 10.0 Å². The van der Waals surface area contributed by atoms with Crippen molar-refractivity contribution in [3.63, 3.8) is 0 Å². The Bertz CT molecular complexity index is 763. The standard InChI is InChI=1S/C13H10Br2FNO2S/c14-9-2-4-12(17)13(6-9)20(18,19)7-8-1-3-11(16)10(15)5-8/h1-6H,7,17H2. The molecule has 0 saturated carbocycles. The zero-order valence-corrected chi connectivity index (χ0v) is 14.1. The van der Waals surface area contributed by atoms with Gasteiger partial charge in [-0.05, 0) is 51.8 Å². The van der Waals surface area contributed by atoms with E-state index in [0.717, 1.165) is 0 Å². The number of hydrogen-bond acceptors (Lipinski definition) is 3. The average Bonchev–Trinajstić information content (AvgIpc) is 2.36. The molecule has 0 radical (unpaired) electrons. The van der Waals surface area contributed by atoms with Crippen LogP contribution in [0.5, 0.6) is 0 Å². The van der Waals surface area contributed by atoms with Crippen LogP contribution < -0.4 is 5.73 Å². The molecule has 20 heavy (non-hydrogen) atoms. The Morgan fingerprint density at radius 1 is 1.10 bits per heavy atom. The molecule has 0 aromatic heterocycles. The van der Waals surface area contributed by atoms with Crippen LogP contribution in [0.2, 0.25) is 0 Å². The molecule has 2 aromatic carbocycles. The monoisotopic (exact) mass is 421 g/mol. The van der Waals surface area contributed by atoms with Crippen LogP contribution in [0.3, 0.4) is 0 Å². The summed E-state index contributed by atoms with van der Waals surface area (Å²) in [7, 11) is -3.59. The van der Waals surface area contributed by atoms with E-state index >= 15 is 0 Å². The number of anilines is 1. The van der Waals surface area contributed by atoms with Crippen molar-refractivity contribution in [2.75, 3.05) is 5.73 Å². The summed E-state index contributed by atoms with van der Waals surface area (Å²) in [5.41, 5.74) is 6.39. The molecular formula is C13H10Br2FNO2S. The second-order valence-corrected chi connectivity index (χ2v) is 7.92. The number of nitrogens with two attached hydrogens (primary N) is 1. The highest BCUT2D eigenvalue weighted by molar-refractivity contribution is 9.10. The summed E-state index contributed by atoms with van der Waals surface area (Å²) < 4.78 is 38.7. The topological polar surface area (TPSA) is 60.2 Å². The highest BCUT2D eigenvalue weighted by Gasteiger charge is 2.19. The summed E-state index contributed by atoms with van der Waals surface area (Å²) in [6, 6.07) is 8.76. The van der Waals surface area contributed by atoms with Gasteiger partial charge in [0.15, 0.2) is 9.84 Å². The first-order valence-electron chi connectivity index (χ1n) is 5.51. The van der Waals surface area contributed by atoms with Crippen LogP contribution in [0.4, 0.5) is 10.1 Å². The maximum atomic E-state index is 13.1. The third-order valence-corrected chi connectivity index (χ3v) is 5.49. The fourth-order valence-corrected chi connectivity index (χ4v) is 4.15. The molecule has 0 fully saturated rings. The third kappa shape index (κ3) is 3.39. The first kappa shape index (κ1) is 15.5.